The molecule has 0 saturated carbocycles. The summed E-state index contributed by atoms with van der Waals surface area (Å²) in [5, 5.41) is 9.93. The summed E-state index contributed by atoms with van der Waals surface area (Å²) in [6.07, 6.45) is 0. The minimum Gasteiger partial charge on any atom is -0.507 e. The number of hydrogen-bond acceptors (Lipinski definition) is 1. The lowest BCUT2D eigenvalue weighted by molar-refractivity contribution is 0.454. The Balaban J connectivity index is 0.00000169. The lowest BCUT2D eigenvalue weighted by Crippen LogP contribution is -1.94. The maximum atomic E-state index is 9.93. The summed E-state index contributed by atoms with van der Waals surface area (Å²) in [6.45, 7) is 8.39. The van der Waals surface area contributed by atoms with Crippen LogP contribution in [0.1, 0.15) is 50.7 Å². The first-order valence-electron chi connectivity index (χ1n) is 4.85. The van der Waals surface area contributed by atoms with Gasteiger partial charge in [0.1, 0.15) is 5.75 Å². The van der Waals surface area contributed by atoms with E-state index in [9.17, 15) is 5.11 Å². The normalized spacial score (nSPS) is 10.4. The van der Waals surface area contributed by atoms with Crippen LogP contribution in [0.4, 0.5) is 0 Å². The molecule has 0 fully saturated rings. The van der Waals surface area contributed by atoms with Gasteiger partial charge in [-0.3, -0.25) is 0 Å². The van der Waals surface area contributed by atoms with Crippen molar-refractivity contribution in [3.05, 3.63) is 29.3 Å². The van der Waals surface area contributed by atoms with Gasteiger partial charge in [-0.2, -0.15) is 0 Å². The van der Waals surface area contributed by atoms with Crippen LogP contribution >= 0.6 is 0 Å². The van der Waals surface area contributed by atoms with Gasteiger partial charge in [-0.1, -0.05) is 45.9 Å². The highest BCUT2D eigenvalue weighted by Crippen LogP contribution is 2.32. The van der Waals surface area contributed by atoms with Crippen LogP contribution < -0.4 is 0 Å². The van der Waals surface area contributed by atoms with Crippen molar-refractivity contribution < 1.29 is 5.11 Å². The highest BCUT2D eigenvalue weighted by molar-refractivity contribution is 5.75. The summed E-state index contributed by atoms with van der Waals surface area (Å²) in [7, 11) is 0. The van der Waals surface area contributed by atoms with E-state index in [1.807, 2.05) is 18.2 Å². The first-order valence-corrected chi connectivity index (χ1v) is 4.85. The molecule has 2 heteroatoms. The van der Waals surface area contributed by atoms with E-state index >= 15 is 0 Å². The van der Waals surface area contributed by atoms with E-state index in [1.54, 1.807) is 0 Å². The first kappa shape index (κ1) is 13.6. The predicted molar refractivity (Wildman–Crippen MR) is 66.2 cm³/mol. The van der Waals surface area contributed by atoms with E-state index in [4.69, 9.17) is 0 Å². The molecule has 0 spiro atoms. The van der Waals surface area contributed by atoms with Gasteiger partial charge >= 0.3 is 0 Å². The minimum atomic E-state index is 0. The Bertz CT molecular complexity index is 266. The fourth-order valence-electron chi connectivity index (χ4n) is 1.51. The molecule has 1 nitrogen and oxygen atoms in total. The Morgan fingerprint density at radius 2 is 1.29 bits per heavy atom. The quantitative estimate of drug-likeness (QED) is 0.740. The zero-order chi connectivity index (χ0) is 10.0. The van der Waals surface area contributed by atoms with E-state index in [2.05, 4.69) is 27.7 Å². The molecule has 0 saturated heterocycles. The van der Waals surface area contributed by atoms with Gasteiger partial charge in [0.2, 0.25) is 0 Å². The molecule has 78 valence electrons. The van der Waals surface area contributed by atoms with E-state index in [1.165, 1.54) is 0 Å². The van der Waals surface area contributed by atoms with Crippen molar-refractivity contribution in [2.75, 3.05) is 0 Å². The van der Waals surface area contributed by atoms with Crippen LogP contribution in [0.5, 0.6) is 5.75 Å². The van der Waals surface area contributed by atoms with Gasteiger partial charge in [0.15, 0.2) is 17.4 Å². The van der Waals surface area contributed by atoms with E-state index < -0.39 is 0 Å². The summed E-state index contributed by atoms with van der Waals surface area (Å²) >= 11 is 0. The topological polar surface area (TPSA) is 20.2 Å². The lowest BCUT2D eigenvalue weighted by atomic mass is 9.94. The number of hydrogen-bond donors (Lipinski definition) is 1. The molecule has 0 atom stereocenters. The molecular weight excluding hydrogens is 187 g/mol. The SMILES string of the molecule is CC(C)c1cccc(C(C)C)c1O.[AlH3]. The summed E-state index contributed by atoms with van der Waals surface area (Å²) in [4.78, 5) is 0. The second-order valence-corrected chi connectivity index (χ2v) is 4.09. The minimum absolute atomic E-state index is 0. The van der Waals surface area contributed by atoms with Crippen LogP contribution in [-0.2, 0) is 0 Å². The van der Waals surface area contributed by atoms with Crippen LogP contribution in [-0.4, -0.2) is 22.5 Å². The van der Waals surface area contributed by atoms with Crippen molar-refractivity contribution in [2.24, 2.45) is 0 Å². The monoisotopic (exact) mass is 208 g/mol. The van der Waals surface area contributed by atoms with Crippen LogP contribution in [0.25, 0.3) is 0 Å². The fraction of sp³-hybridized carbons (Fsp3) is 0.500. The number of rotatable bonds is 2. The average Bonchev–Trinajstić information content (AvgIpc) is 2.03. The largest absolute Gasteiger partial charge is 0.507 e. The molecule has 0 heterocycles. The van der Waals surface area contributed by atoms with Crippen LogP contribution in [0.15, 0.2) is 18.2 Å². The van der Waals surface area contributed by atoms with Gasteiger partial charge < -0.3 is 5.11 Å². The Hall–Kier alpha value is -0.448. The molecule has 1 rings (SSSR count). The average molecular weight is 208 g/mol. The second-order valence-electron chi connectivity index (χ2n) is 4.09. The van der Waals surface area contributed by atoms with Crippen LogP contribution in [0.2, 0.25) is 0 Å². The van der Waals surface area contributed by atoms with Gasteiger partial charge in [-0.05, 0) is 23.0 Å². The number of phenols is 1. The molecule has 0 amide bonds. The number of aromatic hydroxyl groups is 1. The fourth-order valence-corrected chi connectivity index (χ4v) is 1.51. The van der Waals surface area contributed by atoms with Gasteiger partial charge in [-0.25, -0.2) is 0 Å². The molecular formula is C12H21AlO. The van der Waals surface area contributed by atoms with Gasteiger partial charge in [0.05, 0.1) is 0 Å². The molecule has 14 heavy (non-hydrogen) atoms. The molecule has 1 N–H and O–H groups in total. The Morgan fingerprint density at radius 1 is 0.929 bits per heavy atom. The van der Waals surface area contributed by atoms with E-state index in [0.717, 1.165) is 11.1 Å². The lowest BCUT2D eigenvalue weighted by Gasteiger charge is -2.14. The maximum Gasteiger partial charge on any atom is 0.187 e. The maximum absolute atomic E-state index is 9.93. The Morgan fingerprint density at radius 3 is 1.57 bits per heavy atom. The molecule has 0 aliphatic carbocycles. The van der Waals surface area contributed by atoms with Crippen molar-refractivity contribution in [1.82, 2.24) is 0 Å². The summed E-state index contributed by atoms with van der Waals surface area (Å²) < 4.78 is 0. The first-order chi connectivity index (χ1) is 6.04. The molecule has 0 aliphatic heterocycles. The van der Waals surface area contributed by atoms with Gasteiger partial charge in [0, 0.05) is 0 Å². The Labute approximate surface area is 97.3 Å². The second kappa shape index (κ2) is 5.44. The molecule has 0 radical (unpaired) electrons. The van der Waals surface area contributed by atoms with Crippen molar-refractivity contribution in [3.8, 4) is 5.75 Å². The number of benzene rings is 1. The predicted octanol–water partition coefficient (Wildman–Crippen LogP) is 2.46. The molecule has 0 bridgehead atoms. The zero-order valence-corrected chi connectivity index (χ0v) is 8.83. The third-order valence-corrected chi connectivity index (χ3v) is 2.34. The highest BCUT2D eigenvalue weighted by Gasteiger charge is 2.11. The summed E-state index contributed by atoms with van der Waals surface area (Å²) in [5.41, 5.74) is 2.09. The molecule has 0 unspecified atom stereocenters. The molecule has 0 aliphatic rings. The third kappa shape index (κ3) is 2.77. The van der Waals surface area contributed by atoms with Crippen molar-refractivity contribution in [1.29, 1.82) is 0 Å². The van der Waals surface area contributed by atoms with Gasteiger partial charge in [-0.15, -0.1) is 0 Å². The number of para-hydroxylation sites is 1. The highest BCUT2D eigenvalue weighted by atomic mass is 27.0. The summed E-state index contributed by atoms with van der Waals surface area (Å²) in [5.74, 6) is 1.25. The smallest absolute Gasteiger partial charge is 0.187 e. The van der Waals surface area contributed by atoms with Crippen molar-refractivity contribution >= 4 is 17.4 Å². The summed E-state index contributed by atoms with van der Waals surface area (Å²) in [6, 6.07) is 6.00. The standard InChI is InChI=1S/C12H18O.Al.3H/c1-8(2)10-6-5-7-11(9(3)4)12(10)13;;;;/h5-9,13H,1-4H3;;;;. The Kier molecular flexibility index (Phi) is 5.26. The molecule has 1 aromatic carbocycles. The zero-order valence-electron chi connectivity index (χ0n) is 8.83. The van der Waals surface area contributed by atoms with Crippen molar-refractivity contribution in [3.63, 3.8) is 0 Å². The van der Waals surface area contributed by atoms with Crippen molar-refractivity contribution in [2.45, 2.75) is 39.5 Å². The van der Waals surface area contributed by atoms with Crippen LogP contribution in [0, 0.1) is 0 Å². The number of phenolic OH excluding ortho intramolecular Hbond substituents is 1. The van der Waals surface area contributed by atoms with Gasteiger partial charge in [0.25, 0.3) is 0 Å². The molecule has 1 aromatic rings. The van der Waals surface area contributed by atoms with Crippen LogP contribution in [0.3, 0.4) is 0 Å². The van der Waals surface area contributed by atoms with E-state index in [-0.39, 0.29) is 17.4 Å². The molecule has 0 aromatic heterocycles. The third-order valence-electron chi connectivity index (χ3n) is 2.34. The van der Waals surface area contributed by atoms with E-state index in [0.29, 0.717) is 17.6 Å².